The molecule has 1 aliphatic heterocycles. The number of likely N-dealkylation sites (tertiary alicyclic amines) is 1. The second-order valence-corrected chi connectivity index (χ2v) is 5.84. The molecule has 2 heterocycles. The third kappa shape index (κ3) is 3.92. The number of hydrogen-bond donors (Lipinski definition) is 2. The molecule has 2 N–H and O–H groups in total. The van der Waals surface area contributed by atoms with Crippen LogP contribution in [-0.4, -0.2) is 47.6 Å². The van der Waals surface area contributed by atoms with Crippen LogP contribution in [0.1, 0.15) is 22.5 Å². The highest BCUT2D eigenvalue weighted by Crippen LogP contribution is 2.22. The molecule has 1 aromatic rings. The molecule has 0 radical (unpaired) electrons. The lowest BCUT2D eigenvalue weighted by molar-refractivity contribution is -0.138. The van der Waals surface area contributed by atoms with E-state index >= 15 is 0 Å². The molecule has 7 heteroatoms. The molecule has 1 saturated heterocycles. The van der Waals surface area contributed by atoms with E-state index in [9.17, 15) is 9.59 Å². The maximum absolute atomic E-state index is 12.0. The Morgan fingerprint density at radius 3 is 2.68 bits per heavy atom. The van der Waals surface area contributed by atoms with Gasteiger partial charge in [0.1, 0.15) is 4.88 Å². The molecule has 104 valence electrons. The van der Waals surface area contributed by atoms with Gasteiger partial charge < -0.3 is 10.4 Å². The summed E-state index contributed by atoms with van der Waals surface area (Å²) in [6.45, 7) is 1.45. The Labute approximate surface area is 120 Å². The fourth-order valence-electron chi connectivity index (χ4n) is 2.13. The van der Waals surface area contributed by atoms with E-state index in [1.165, 1.54) is 11.3 Å². The van der Waals surface area contributed by atoms with Gasteiger partial charge in [0.05, 0.1) is 11.6 Å². The van der Waals surface area contributed by atoms with E-state index in [4.69, 9.17) is 16.7 Å². The monoisotopic (exact) mass is 302 g/mol. The number of carbonyl (C=O) groups excluding carboxylic acids is 1. The van der Waals surface area contributed by atoms with Crippen LogP contribution in [0.25, 0.3) is 0 Å². The predicted molar refractivity (Wildman–Crippen MR) is 73.9 cm³/mol. The molecular weight excluding hydrogens is 288 g/mol. The largest absolute Gasteiger partial charge is 0.480 e. The van der Waals surface area contributed by atoms with Crippen molar-refractivity contribution in [1.29, 1.82) is 0 Å². The first-order chi connectivity index (χ1) is 9.06. The topological polar surface area (TPSA) is 69.6 Å². The zero-order valence-electron chi connectivity index (χ0n) is 10.3. The highest BCUT2D eigenvalue weighted by Gasteiger charge is 2.23. The van der Waals surface area contributed by atoms with Gasteiger partial charge in [0.2, 0.25) is 0 Å². The zero-order chi connectivity index (χ0) is 13.8. The number of piperidine rings is 1. The van der Waals surface area contributed by atoms with Crippen LogP contribution in [0.2, 0.25) is 5.02 Å². The number of nitrogens with one attached hydrogen (secondary N) is 1. The standard InChI is InChI=1S/C12H15ClN2O3S/c13-9-3-6-19-11(9)12(18)14-8-1-4-15(5-2-8)7-10(16)17/h3,6,8H,1-2,4-5,7H2,(H,14,18)(H,16,17). The Hall–Kier alpha value is -1.11. The molecule has 19 heavy (non-hydrogen) atoms. The molecule has 0 aliphatic carbocycles. The molecular formula is C12H15ClN2O3S. The van der Waals surface area contributed by atoms with E-state index in [1.54, 1.807) is 11.4 Å². The minimum atomic E-state index is -0.812. The van der Waals surface area contributed by atoms with Gasteiger partial charge in [-0.15, -0.1) is 11.3 Å². The van der Waals surface area contributed by atoms with Crippen LogP contribution < -0.4 is 5.32 Å². The normalized spacial score (nSPS) is 17.3. The maximum atomic E-state index is 12.0. The van der Waals surface area contributed by atoms with E-state index in [2.05, 4.69) is 5.32 Å². The summed E-state index contributed by atoms with van der Waals surface area (Å²) >= 11 is 7.23. The van der Waals surface area contributed by atoms with Gasteiger partial charge in [-0.3, -0.25) is 14.5 Å². The Bertz CT molecular complexity index is 469. The van der Waals surface area contributed by atoms with Crippen LogP contribution in [0.4, 0.5) is 0 Å². The van der Waals surface area contributed by atoms with Gasteiger partial charge in [-0.05, 0) is 24.3 Å². The minimum Gasteiger partial charge on any atom is -0.480 e. The first-order valence-corrected chi connectivity index (χ1v) is 7.30. The molecule has 1 amide bonds. The number of hydrogen-bond acceptors (Lipinski definition) is 4. The van der Waals surface area contributed by atoms with Gasteiger partial charge in [0.25, 0.3) is 5.91 Å². The van der Waals surface area contributed by atoms with Gasteiger partial charge in [0, 0.05) is 19.1 Å². The lowest BCUT2D eigenvalue weighted by Crippen LogP contribution is -2.45. The summed E-state index contributed by atoms with van der Waals surface area (Å²) in [5, 5.41) is 13.9. The van der Waals surface area contributed by atoms with Gasteiger partial charge in [-0.2, -0.15) is 0 Å². The predicted octanol–water partition coefficient (Wildman–Crippen LogP) is 1.68. The summed E-state index contributed by atoms with van der Waals surface area (Å²) in [6, 6.07) is 1.80. The first kappa shape index (κ1) is 14.3. The SMILES string of the molecule is O=C(O)CN1CCC(NC(=O)c2sccc2Cl)CC1. The van der Waals surface area contributed by atoms with E-state index < -0.39 is 5.97 Å². The van der Waals surface area contributed by atoms with Crippen LogP contribution in [0.3, 0.4) is 0 Å². The number of rotatable bonds is 4. The number of carboxylic acid groups (broad SMARTS) is 1. The van der Waals surface area contributed by atoms with Gasteiger partial charge in [-0.25, -0.2) is 0 Å². The van der Waals surface area contributed by atoms with Crippen LogP contribution in [0.15, 0.2) is 11.4 Å². The summed E-state index contributed by atoms with van der Waals surface area (Å²) in [6.07, 6.45) is 1.53. The Kier molecular flexibility index (Phi) is 4.79. The molecule has 0 aromatic carbocycles. The first-order valence-electron chi connectivity index (χ1n) is 6.04. The van der Waals surface area contributed by atoms with Crippen molar-refractivity contribution in [2.24, 2.45) is 0 Å². The third-order valence-electron chi connectivity index (χ3n) is 3.11. The third-order valence-corrected chi connectivity index (χ3v) is 4.45. The van der Waals surface area contributed by atoms with E-state index in [1.807, 2.05) is 4.90 Å². The molecule has 0 spiro atoms. The Balaban J connectivity index is 1.81. The summed E-state index contributed by atoms with van der Waals surface area (Å²) < 4.78 is 0. The highest BCUT2D eigenvalue weighted by atomic mass is 35.5. The summed E-state index contributed by atoms with van der Waals surface area (Å²) in [5.41, 5.74) is 0. The number of halogens is 1. The molecule has 0 unspecified atom stereocenters. The van der Waals surface area contributed by atoms with Crippen molar-refractivity contribution in [1.82, 2.24) is 10.2 Å². The van der Waals surface area contributed by atoms with Crippen LogP contribution in [0, 0.1) is 0 Å². The van der Waals surface area contributed by atoms with Crippen LogP contribution in [-0.2, 0) is 4.79 Å². The van der Waals surface area contributed by atoms with E-state index in [-0.39, 0.29) is 18.5 Å². The van der Waals surface area contributed by atoms with E-state index in [0.29, 0.717) is 23.0 Å². The number of aliphatic carboxylic acids is 1. The quantitative estimate of drug-likeness (QED) is 0.888. The molecule has 1 fully saturated rings. The summed E-state index contributed by atoms with van der Waals surface area (Å²) in [7, 11) is 0. The second kappa shape index (κ2) is 6.36. The highest BCUT2D eigenvalue weighted by molar-refractivity contribution is 7.12. The Morgan fingerprint density at radius 2 is 2.16 bits per heavy atom. The molecule has 0 saturated carbocycles. The summed E-state index contributed by atoms with van der Waals surface area (Å²) in [5.74, 6) is -0.954. The molecule has 0 atom stereocenters. The fourth-order valence-corrected chi connectivity index (χ4v) is 3.18. The van der Waals surface area contributed by atoms with Crippen molar-refractivity contribution in [3.8, 4) is 0 Å². The van der Waals surface area contributed by atoms with Crippen molar-refractivity contribution in [2.45, 2.75) is 18.9 Å². The van der Waals surface area contributed by atoms with Crippen molar-refractivity contribution >= 4 is 34.8 Å². The van der Waals surface area contributed by atoms with E-state index in [0.717, 1.165) is 12.8 Å². The van der Waals surface area contributed by atoms with Crippen molar-refractivity contribution < 1.29 is 14.7 Å². The number of amides is 1. The maximum Gasteiger partial charge on any atom is 0.317 e. The molecule has 1 aliphatic rings. The Morgan fingerprint density at radius 1 is 1.47 bits per heavy atom. The van der Waals surface area contributed by atoms with Crippen LogP contribution >= 0.6 is 22.9 Å². The average Bonchev–Trinajstić information content (AvgIpc) is 2.77. The number of nitrogens with zero attached hydrogens (tertiary/aromatic N) is 1. The fraction of sp³-hybridized carbons (Fsp3) is 0.500. The van der Waals surface area contributed by atoms with Crippen molar-refractivity contribution in [3.63, 3.8) is 0 Å². The van der Waals surface area contributed by atoms with Gasteiger partial charge in [0.15, 0.2) is 0 Å². The van der Waals surface area contributed by atoms with Crippen molar-refractivity contribution in [3.05, 3.63) is 21.3 Å². The average molecular weight is 303 g/mol. The molecule has 5 nitrogen and oxygen atoms in total. The molecule has 0 bridgehead atoms. The van der Waals surface area contributed by atoms with Gasteiger partial charge >= 0.3 is 5.97 Å². The minimum absolute atomic E-state index is 0.0669. The number of carboxylic acids is 1. The van der Waals surface area contributed by atoms with Crippen molar-refractivity contribution in [2.75, 3.05) is 19.6 Å². The molecule has 1 aromatic heterocycles. The molecule has 2 rings (SSSR count). The zero-order valence-corrected chi connectivity index (χ0v) is 11.8. The lowest BCUT2D eigenvalue weighted by atomic mass is 10.1. The van der Waals surface area contributed by atoms with Gasteiger partial charge in [-0.1, -0.05) is 11.6 Å². The van der Waals surface area contributed by atoms with Crippen LogP contribution in [0.5, 0.6) is 0 Å². The summed E-state index contributed by atoms with van der Waals surface area (Å²) in [4.78, 5) is 25.0. The lowest BCUT2D eigenvalue weighted by Gasteiger charge is -2.31. The second-order valence-electron chi connectivity index (χ2n) is 4.52. The number of thiophene rings is 1. The smallest absolute Gasteiger partial charge is 0.317 e. The number of carbonyl (C=O) groups is 2.